The number of rotatable bonds is 11. The van der Waals surface area contributed by atoms with E-state index in [-0.39, 0.29) is 12.6 Å². The first-order valence-electron chi connectivity index (χ1n) is 6.81. The highest BCUT2D eigenvalue weighted by Gasteiger charge is 2.24. The predicted octanol–water partition coefficient (Wildman–Crippen LogP) is 2.09. The lowest BCUT2D eigenvalue weighted by Crippen LogP contribution is -2.38. The number of ether oxygens (including phenoxy) is 1. The van der Waals surface area contributed by atoms with Crippen LogP contribution in [0.4, 0.5) is 0 Å². The first-order valence-corrected chi connectivity index (χ1v) is 6.81. The van der Waals surface area contributed by atoms with Crippen LogP contribution in [-0.2, 0) is 4.74 Å². The van der Waals surface area contributed by atoms with Gasteiger partial charge in [-0.25, -0.2) is 0 Å². The van der Waals surface area contributed by atoms with E-state index in [0.29, 0.717) is 12.6 Å². The lowest BCUT2D eigenvalue weighted by Gasteiger charge is -2.15. The minimum absolute atomic E-state index is 0.142. The molecule has 1 saturated carbocycles. The normalized spacial score (nSPS) is 17.6. The Hall–Kier alpha value is -0.120. The van der Waals surface area contributed by atoms with Gasteiger partial charge in [0.15, 0.2) is 0 Å². The molecule has 0 saturated heterocycles. The molecule has 1 unspecified atom stereocenters. The molecule has 96 valence electrons. The zero-order chi connectivity index (χ0) is 11.6. The lowest BCUT2D eigenvalue weighted by molar-refractivity contribution is 0.0854. The van der Waals surface area contributed by atoms with Crippen molar-refractivity contribution in [3.05, 3.63) is 0 Å². The molecule has 1 rings (SSSR count). The fraction of sp³-hybridized carbons (Fsp3) is 1.00. The third kappa shape index (κ3) is 7.20. The van der Waals surface area contributed by atoms with Crippen molar-refractivity contribution in [2.24, 2.45) is 0 Å². The second-order valence-corrected chi connectivity index (χ2v) is 4.81. The van der Waals surface area contributed by atoms with Crippen LogP contribution in [0.2, 0.25) is 0 Å². The summed E-state index contributed by atoms with van der Waals surface area (Å²) in [5.41, 5.74) is 0. The van der Waals surface area contributed by atoms with Gasteiger partial charge in [0.25, 0.3) is 0 Å². The van der Waals surface area contributed by atoms with E-state index >= 15 is 0 Å². The third-order valence-corrected chi connectivity index (χ3v) is 2.98. The summed E-state index contributed by atoms with van der Waals surface area (Å²) in [6.45, 7) is 3.91. The summed E-state index contributed by atoms with van der Waals surface area (Å²) in [4.78, 5) is 0. The van der Waals surface area contributed by atoms with Gasteiger partial charge in [0.1, 0.15) is 0 Å². The molecule has 1 aliphatic carbocycles. The number of unbranched alkanes of at least 4 members (excludes halogenated alkanes) is 4. The van der Waals surface area contributed by atoms with Gasteiger partial charge in [-0.05, 0) is 19.3 Å². The maximum Gasteiger partial charge on any atom is 0.0642 e. The molecular weight excluding hydrogens is 202 g/mol. The van der Waals surface area contributed by atoms with Crippen molar-refractivity contribution in [3.8, 4) is 0 Å². The molecule has 0 aromatic heterocycles. The number of hydrogen-bond donors (Lipinski definition) is 2. The molecule has 0 amide bonds. The molecule has 1 atom stereocenters. The van der Waals surface area contributed by atoms with Gasteiger partial charge >= 0.3 is 0 Å². The summed E-state index contributed by atoms with van der Waals surface area (Å²) >= 11 is 0. The fourth-order valence-corrected chi connectivity index (χ4v) is 1.77. The lowest BCUT2D eigenvalue weighted by atomic mass is 10.2. The van der Waals surface area contributed by atoms with Crippen LogP contribution >= 0.6 is 0 Å². The average Bonchev–Trinajstić information content (AvgIpc) is 3.10. The molecule has 3 heteroatoms. The summed E-state index contributed by atoms with van der Waals surface area (Å²) in [6.07, 6.45) is 8.89. The van der Waals surface area contributed by atoms with Gasteiger partial charge < -0.3 is 15.2 Å². The Labute approximate surface area is 99.6 Å². The maximum atomic E-state index is 9.13. The predicted molar refractivity (Wildman–Crippen MR) is 66.6 cm³/mol. The van der Waals surface area contributed by atoms with Crippen molar-refractivity contribution < 1.29 is 9.84 Å². The van der Waals surface area contributed by atoms with Crippen molar-refractivity contribution in [2.75, 3.05) is 19.8 Å². The molecule has 0 aliphatic heterocycles. The molecule has 16 heavy (non-hydrogen) atoms. The van der Waals surface area contributed by atoms with Crippen LogP contribution in [0.5, 0.6) is 0 Å². The largest absolute Gasteiger partial charge is 0.395 e. The molecule has 1 aliphatic rings. The van der Waals surface area contributed by atoms with E-state index in [1.807, 2.05) is 0 Å². The van der Waals surface area contributed by atoms with Crippen LogP contribution in [-0.4, -0.2) is 37.0 Å². The third-order valence-electron chi connectivity index (χ3n) is 2.98. The van der Waals surface area contributed by atoms with E-state index < -0.39 is 0 Å². The zero-order valence-corrected chi connectivity index (χ0v) is 10.6. The smallest absolute Gasteiger partial charge is 0.0642 e. The van der Waals surface area contributed by atoms with Crippen molar-refractivity contribution >= 4 is 0 Å². The highest BCUT2D eigenvalue weighted by atomic mass is 16.5. The molecule has 0 aromatic carbocycles. The van der Waals surface area contributed by atoms with Crippen LogP contribution in [0.25, 0.3) is 0 Å². The zero-order valence-electron chi connectivity index (χ0n) is 10.6. The molecule has 2 N–H and O–H groups in total. The van der Waals surface area contributed by atoms with Gasteiger partial charge in [0.05, 0.1) is 19.3 Å². The van der Waals surface area contributed by atoms with Gasteiger partial charge in [-0.1, -0.05) is 32.6 Å². The van der Waals surface area contributed by atoms with E-state index in [9.17, 15) is 0 Å². The topological polar surface area (TPSA) is 41.5 Å². The first-order chi connectivity index (χ1) is 7.86. The van der Waals surface area contributed by atoms with E-state index in [2.05, 4.69) is 12.2 Å². The van der Waals surface area contributed by atoms with Crippen LogP contribution < -0.4 is 5.32 Å². The van der Waals surface area contributed by atoms with Gasteiger partial charge in [-0.3, -0.25) is 0 Å². The van der Waals surface area contributed by atoms with Crippen molar-refractivity contribution in [2.45, 2.75) is 64.0 Å². The van der Waals surface area contributed by atoms with E-state index in [0.717, 1.165) is 13.0 Å². The Morgan fingerprint density at radius 3 is 2.62 bits per heavy atom. The fourth-order valence-electron chi connectivity index (χ4n) is 1.77. The average molecular weight is 229 g/mol. The molecule has 0 bridgehead atoms. The van der Waals surface area contributed by atoms with Crippen LogP contribution in [0.15, 0.2) is 0 Å². The second kappa shape index (κ2) is 8.97. The van der Waals surface area contributed by atoms with Crippen molar-refractivity contribution in [3.63, 3.8) is 0 Å². The van der Waals surface area contributed by atoms with E-state index in [1.165, 1.54) is 38.5 Å². The summed E-state index contributed by atoms with van der Waals surface area (Å²) in [6, 6.07) is 0.786. The highest BCUT2D eigenvalue weighted by Crippen LogP contribution is 2.19. The maximum absolute atomic E-state index is 9.13. The Morgan fingerprint density at radius 1 is 1.25 bits per heavy atom. The summed E-state index contributed by atoms with van der Waals surface area (Å²) in [5, 5.41) is 12.5. The molecule has 1 fully saturated rings. The van der Waals surface area contributed by atoms with Gasteiger partial charge in [-0.2, -0.15) is 0 Å². The Morgan fingerprint density at radius 2 is 2.00 bits per heavy atom. The molecular formula is C13H27NO2. The SMILES string of the molecule is CCCCCCCOCC(CO)NC1CC1. The summed E-state index contributed by atoms with van der Waals surface area (Å²) in [7, 11) is 0. The summed E-state index contributed by atoms with van der Waals surface area (Å²) < 4.78 is 5.57. The monoisotopic (exact) mass is 229 g/mol. The van der Waals surface area contributed by atoms with Gasteiger partial charge in [0, 0.05) is 12.6 Å². The standard InChI is InChI=1S/C13H27NO2/c1-2-3-4-5-6-9-16-11-13(10-15)14-12-7-8-12/h12-15H,2-11H2,1H3. The minimum atomic E-state index is 0.142. The Bertz CT molecular complexity index is 160. The van der Waals surface area contributed by atoms with Crippen LogP contribution in [0.1, 0.15) is 51.9 Å². The van der Waals surface area contributed by atoms with Gasteiger partial charge in [-0.15, -0.1) is 0 Å². The highest BCUT2D eigenvalue weighted by molar-refractivity contribution is 4.84. The quantitative estimate of drug-likeness (QED) is 0.533. The van der Waals surface area contributed by atoms with E-state index in [1.54, 1.807) is 0 Å². The summed E-state index contributed by atoms with van der Waals surface area (Å²) in [5.74, 6) is 0. The minimum Gasteiger partial charge on any atom is -0.395 e. The molecule has 0 heterocycles. The molecule has 0 aromatic rings. The Kier molecular flexibility index (Phi) is 7.81. The number of aliphatic hydroxyl groups excluding tert-OH is 1. The molecule has 3 nitrogen and oxygen atoms in total. The number of hydrogen-bond acceptors (Lipinski definition) is 3. The number of nitrogens with one attached hydrogen (secondary N) is 1. The molecule has 0 spiro atoms. The van der Waals surface area contributed by atoms with Crippen LogP contribution in [0, 0.1) is 0 Å². The van der Waals surface area contributed by atoms with Crippen molar-refractivity contribution in [1.82, 2.24) is 5.32 Å². The second-order valence-electron chi connectivity index (χ2n) is 4.81. The first kappa shape index (κ1) is 13.9. The van der Waals surface area contributed by atoms with Crippen molar-refractivity contribution in [1.29, 1.82) is 0 Å². The molecule has 0 radical (unpaired) electrons. The number of aliphatic hydroxyl groups is 1. The Balaban J connectivity index is 1.84. The van der Waals surface area contributed by atoms with Crippen LogP contribution in [0.3, 0.4) is 0 Å². The van der Waals surface area contributed by atoms with E-state index in [4.69, 9.17) is 9.84 Å². The van der Waals surface area contributed by atoms with Gasteiger partial charge in [0.2, 0.25) is 0 Å².